The molecule has 2 saturated carbocycles. The fourth-order valence-corrected chi connectivity index (χ4v) is 2.79. The standard InChI is InChI=1S/C14H19N/c15-10-14(8-9-14)13-7-2-1-6-12(13)11-4-3-5-11/h1-2,6-7,11H,3-5,8-10,15H2. The summed E-state index contributed by atoms with van der Waals surface area (Å²) in [6.45, 7) is 0.830. The van der Waals surface area contributed by atoms with E-state index in [4.69, 9.17) is 5.73 Å². The van der Waals surface area contributed by atoms with Crippen LogP contribution in [0.3, 0.4) is 0 Å². The Balaban J connectivity index is 1.99. The molecule has 15 heavy (non-hydrogen) atoms. The number of hydrogen-bond acceptors (Lipinski definition) is 1. The molecule has 0 unspecified atom stereocenters. The predicted molar refractivity (Wildman–Crippen MR) is 63.0 cm³/mol. The van der Waals surface area contributed by atoms with Gasteiger partial charge in [0, 0.05) is 12.0 Å². The summed E-state index contributed by atoms with van der Waals surface area (Å²) >= 11 is 0. The van der Waals surface area contributed by atoms with Crippen LogP contribution in [-0.2, 0) is 5.41 Å². The number of benzene rings is 1. The van der Waals surface area contributed by atoms with Crippen LogP contribution in [0.5, 0.6) is 0 Å². The zero-order chi connectivity index (χ0) is 10.3. The summed E-state index contributed by atoms with van der Waals surface area (Å²) in [4.78, 5) is 0. The second kappa shape index (κ2) is 3.34. The summed E-state index contributed by atoms with van der Waals surface area (Å²) < 4.78 is 0. The normalized spacial score (nSPS) is 23.5. The zero-order valence-electron chi connectivity index (χ0n) is 9.21. The average Bonchev–Trinajstić information content (AvgIpc) is 2.97. The fraction of sp³-hybridized carbons (Fsp3) is 0.571. The lowest BCUT2D eigenvalue weighted by Gasteiger charge is -2.30. The molecular weight excluding hydrogens is 182 g/mol. The molecule has 0 bridgehead atoms. The molecule has 80 valence electrons. The highest BCUT2D eigenvalue weighted by Crippen LogP contribution is 2.51. The molecule has 1 aromatic carbocycles. The fourth-order valence-electron chi connectivity index (χ4n) is 2.79. The third-order valence-electron chi connectivity index (χ3n) is 4.32. The van der Waals surface area contributed by atoms with Gasteiger partial charge in [0.15, 0.2) is 0 Å². The van der Waals surface area contributed by atoms with Crippen LogP contribution < -0.4 is 5.73 Å². The minimum atomic E-state index is 0.367. The lowest BCUT2D eigenvalue weighted by Crippen LogP contribution is -2.23. The minimum absolute atomic E-state index is 0.367. The molecule has 0 saturated heterocycles. The topological polar surface area (TPSA) is 26.0 Å². The van der Waals surface area contributed by atoms with Gasteiger partial charge in [-0.1, -0.05) is 30.7 Å². The lowest BCUT2D eigenvalue weighted by molar-refractivity contribution is 0.414. The van der Waals surface area contributed by atoms with Crippen molar-refractivity contribution in [2.24, 2.45) is 5.73 Å². The SMILES string of the molecule is NCC1(c2ccccc2C2CCC2)CC1. The van der Waals surface area contributed by atoms with Gasteiger partial charge in [-0.05, 0) is 42.7 Å². The van der Waals surface area contributed by atoms with Crippen LogP contribution in [0.4, 0.5) is 0 Å². The molecule has 0 aromatic heterocycles. The first-order valence-corrected chi connectivity index (χ1v) is 6.15. The molecule has 0 heterocycles. The summed E-state index contributed by atoms with van der Waals surface area (Å²) in [5, 5.41) is 0. The van der Waals surface area contributed by atoms with E-state index < -0.39 is 0 Å². The Labute approximate surface area is 91.7 Å². The summed E-state index contributed by atoms with van der Waals surface area (Å²) in [5.74, 6) is 0.838. The quantitative estimate of drug-likeness (QED) is 0.799. The van der Waals surface area contributed by atoms with Crippen LogP contribution in [0, 0.1) is 0 Å². The first-order chi connectivity index (χ1) is 7.36. The maximum absolute atomic E-state index is 5.93. The largest absolute Gasteiger partial charge is 0.330 e. The molecular formula is C14H19N. The van der Waals surface area contributed by atoms with Crippen molar-refractivity contribution in [3.63, 3.8) is 0 Å². The van der Waals surface area contributed by atoms with Crippen molar-refractivity contribution in [3.8, 4) is 0 Å². The van der Waals surface area contributed by atoms with Gasteiger partial charge in [0.1, 0.15) is 0 Å². The molecule has 2 fully saturated rings. The Bertz CT molecular complexity index is 361. The van der Waals surface area contributed by atoms with Crippen molar-refractivity contribution in [2.45, 2.75) is 43.4 Å². The van der Waals surface area contributed by atoms with E-state index in [-0.39, 0.29) is 0 Å². The van der Waals surface area contributed by atoms with Gasteiger partial charge in [0.05, 0.1) is 0 Å². The maximum Gasteiger partial charge on any atom is 0.00790 e. The van der Waals surface area contributed by atoms with Crippen LogP contribution in [0.25, 0.3) is 0 Å². The summed E-state index contributed by atoms with van der Waals surface area (Å²) in [5.41, 5.74) is 9.47. The highest BCUT2D eigenvalue weighted by Gasteiger charge is 2.44. The highest BCUT2D eigenvalue weighted by atomic mass is 14.7. The van der Waals surface area contributed by atoms with Gasteiger partial charge >= 0.3 is 0 Å². The second-order valence-electron chi connectivity index (χ2n) is 5.20. The van der Waals surface area contributed by atoms with Crippen LogP contribution in [0.1, 0.15) is 49.1 Å². The van der Waals surface area contributed by atoms with Gasteiger partial charge < -0.3 is 5.73 Å². The van der Waals surface area contributed by atoms with Crippen molar-refractivity contribution in [1.29, 1.82) is 0 Å². The first-order valence-electron chi connectivity index (χ1n) is 6.15. The van der Waals surface area contributed by atoms with E-state index in [1.807, 2.05) is 0 Å². The Kier molecular flexibility index (Phi) is 2.10. The van der Waals surface area contributed by atoms with Crippen LogP contribution >= 0.6 is 0 Å². The maximum atomic E-state index is 5.93. The van der Waals surface area contributed by atoms with E-state index in [2.05, 4.69) is 24.3 Å². The van der Waals surface area contributed by atoms with E-state index in [1.54, 1.807) is 11.1 Å². The molecule has 2 aliphatic rings. The van der Waals surface area contributed by atoms with E-state index in [0.717, 1.165) is 12.5 Å². The van der Waals surface area contributed by atoms with Crippen molar-refractivity contribution < 1.29 is 0 Å². The van der Waals surface area contributed by atoms with Crippen molar-refractivity contribution in [3.05, 3.63) is 35.4 Å². The van der Waals surface area contributed by atoms with E-state index >= 15 is 0 Å². The molecule has 2 aliphatic carbocycles. The molecule has 0 spiro atoms. The zero-order valence-corrected chi connectivity index (χ0v) is 9.21. The van der Waals surface area contributed by atoms with Crippen molar-refractivity contribution in [2.75, 3.05) is 6.54 Å². The lowest BCUT2D eigenvalue weighted by atomic mass is 9.75. The second-order valence-corrected chi connectivity index (χ2v) is 5.20. The molecule has 0 atom stereocenters. The number of hydrogen-bond donors (Lipinski definition) is 1. The average molecular weight is 201 g/mol. The van der Waals surface area contributed by atoms with Crippen molar-refractivity contribution >= 4 is 0 Å². The number of nitrogens with two attached hydrogens (primary N) is 1. The van der Waals surface area contributed by atoms with Gasteiger partial charge in [-0.15, -0.1) is 0 Å². The molecule has 0 radical (unpaired) electrons. The predicted octanol–water partition coefficient (Wildman–Crippen LogP) is 2.94. The summed E-state index contributed by atoms with van der Waals surface area (Å²) in [6.07, 6.45) is 6.78. The molecule has 0 aliphatic heterocycles. The third-order valence-corrected chi connectivity index (χ3v) is 4.32. The Morgan fingerprint density at radius 1 is 1.20 bits per heavy atom. The van der Waals surface area contributed by atoms with Gasteiger partial charge in [0.25, 0.3) is 0 Å². The minimum Gasteiger partial charge on any atom is -0.330 e. The molecule has 1 nitrogen and oxygen atoms in total. The van der Waals surface area contributed by atoms with Crippen LogP contribution in [0.2, 0.25) is 0 Å². The molecule has 1 aromatic rings. The van der Waals surface area contributed by atoms with E-state index in [9.17, 15) is 0 Å². The Morgan fingerprint density at radius 3 is 2.47 bits per heavy atom. The molecule has 3 rings (SSSR count). The number of rotatable bonds is 3. The smallest absolute Gasteiger partial charge is 0.00790 e. The van der Waals surface area contributed by atoms with Crippen LogP contribution in [-0.4, -0.2) is 6.54 Å². The summed E-state index contributed by atoms with van der Waals surface area (Å²) in [6, 6.07) is 9.00. The molecule has 1 heteroatoms. The Hall–Kier alpha value is -0.820. The van der Waals surface area contributed by atoms with E-state index in [0.29, 0.717) is 5.41 Å². The van der Waals surface area contributed by atoms with E-state index in [1.165, 1.54) is 32.1 Å². The molecule has 2 N–H and O–H groups in total. The third kappa shape index (κ3) is 1.41. The van der Waals surface area contributed by atoms with Crippen molar-refractivity contribution in [1.82, 2.24) is 0 Å². The Morgan fingerprint density at radius 2 is 1.93 bits per heavy atom. The first kappa shape index (κ1) is 9.41. The monoisotopic (exact) mass is 201 g/mol. The van der Waals surface area contributed by atoms with Gasteiger partial charge in [-0.25, -0.2) is 0 Å². The summed E-state index contributed by atoms with van der Waals surface area (Å²) in [7, 11) is 0. The van der Waals surface area contributed by atoms with Gasteiger partial charge in [0.2, 0.25) is 0 Å². The highest BCUT2D eigenvalue weighted by molar-refractivity contribution is 5.41. The van der Waals surface area contributed by atoms with Gasteiger partial charge in [-0.2, -0.15) is 0 Å². The molecule has 0 amide bonds. The van der Waals surface area contributed by atoms with Gasteiger partial charge in [-0.3, -0.25) is 0 Å². The van der Waals surface area contributed by atoms with Crippen LogP contribution in [0.15, 0.2) is 24.3 Å².